The number of hydrogen-bond donors (Lipinski definition) is 1. The van der Waals surface area contributed by atoms with Gasteiger partial charge in [-0.2, -0.15) is 0 Å². The molecule has 3 aliphatic rings. The number of imidazole rings is 1. The summed E-state index contributed by atoms with van der Waals surface area (Å²) in [6, 6.07) is 0. The molecule has 1 aromatic rings. The Kier molecular flexibility index (Phi) is 3.78. The van der Waals surface area contributed by atoms with E-state index >= 15 is 0 Å². The van der Waals surface area contributed by atoms with Gasteiger partial charge < -0.3 is 9.88 Å². The molecule has 2 unspecified atom stereocenters. The monoisotopic (exact) mass is 287 g/mol. The molecule has 3 nitrogen and oxygen atoms in total. The van der Waals surface area contributed by atoms with Crippen LogP contribution in [0.1, 0.15) is 75.0 Å². The van der Waals surface area contributed by atoms with Gasteiger partial charge in [0.25, 0.3) is 0 Å². The first-order valence-electron chi connectivity index (χ1n) is 9.10. The van der Waals surface area contributed by atoms with Crippen LogP contribution in [0.15, 0.2) is 0 Å². The standard InChI is InChI=1S/C18H29N3/c1-13-6-7-14(10-13)12-21-17-8-9-19-11-16(17)20-18(21)15-4-2-3-5-15/h13-15,19H,2-12H2,1H3. The quantitative estimate of drug-likeness (QED) is 0.920. The zero-order valence-electron chi connectivity index (χ0n) is 13.4. The molecular formula is C18H29N3. The van der Waals surface area contributed by atoms with Gasteiger partial charge in [0.15, 0.2) is 0 Å². The molecule has 2 heterocycles. The Morgan fingerprint density at radius 3 is 2.81 bits per heavy atom. The number of hydrogen-bond acceptors (Lipinski definition) is 2. The minimum absolute atomic E-state index is 0.745. The van der Waals surface area contributed by atoms with Crippen molar-refractivity contribution in [2.75, 3.05) is 6.54 Å². The highest BCUT2D eigenvalue weighted by molar-refractivity contribution is 5.22. The number of nitrogens with zero attached hydrogens (tertiary/aromatic N) is 2. The molecule has 1 aromatic heterocycles. The number of aromatic nitrogens is 2. The molecule has 2 atom stereocenters. The maximum absolute atomic E-state index is 5.09. The average molecular weight is 287 g/mol. The molecule has 21 heavy (non-hydrogen) atoms. The molecule has 2 aliphatic carbocycles. The molecule has 3 heteroatoms. The van der Waals surface area contributed by atoms with Gasteiger partial charge in [-0.25, -0.2) is 4.98 Å². The van der Waals surface area contributed by atoms with E-state index < -0.39 is 0 Å². The molecule has 2 fully saturated rings. The van der Waals surface area contributed by atoms with Gasteiger partial charge >= 0.3 is 0 Å². The van der Waals surface area contributed by atoms with E-state index in [1.807, 2.05) is 0 Å². The Morgan fingerprint density at radius 1 is 1.19 bits per heavy atom. The molecule has 116 valence electrons. The summed E-state index contributed by atoms with van der Waals surface area (Å²) < 4.78 is 2.68. The minimum Gasteiger partial charge on any atom is -0.331 e. The molecule has 0 aromatic carbocycles. The zero-order valence-corrected chi connectivity index (χ0v) is 13.4. The first-order chi connectivity index (χ1) is 10.3. The minimum atomic E-state index is 0.745. The number of rotatable bonds is 3. The molecule has 0 spiro atoms. The Bertz CT molecular complexity index is 499. The van der Waals surface area contributed by atoms with Crippen molar-refractivity contribution in [3.8, 4) is 0 Å². The molecule has 0 amide bonds. The largest absolute Gasteiger partial charge is 0.331 e. The fraction of sp³-hybridized carbons (Fsp3) is 0.833. The summed E-state index contributed by atoms with van der Waals surface area (Å²) in [6.45, 7) is 5.79. The van der Waals surface area contributed by atoms with Gasteiger partial charge in [0.1, 0.15) is 5.82 Å². The van der Waals surface area contributed by atoms with E-state index in [1.165, 1.54) is 69.4 Å². The summed E-state index contributed by atoms with van der Waals surface area (Å²) >= 11 is 0. The fourth-order valence-electron chi connectivity index (χ4n) is 4.84. The topological polar surface area (TPSA) is 29.9 Å². The third kappa shape index (κ3) is 2.65. The maximum atomic E-state index is 5.09. The van der Waals surface area contributed by atoms with Gasteiger partial charge in [-0.3, -0.25) is 0 Å². The average Bonchev–Trinajstić information content (AvgIpc) is 3.20. The predicted octanol–water partition coefficient (Wildman–Crippen LogP) is 3.62. The van der Waals surface area contributed by atoms with E-state index in [9.17, 15) is 0 Å². The Balaban J connectivity index is 1.63. The molecule has 0 radical (unpaired) electrons. The summed E-state index contributed by atoms with van der Waals surface area (Å²) in [7, 11) is 0. The van der Waals surface area contributed by atoms with Crippen molar-refractivity contribution in [2.24, 2.45) is 11.8 Å². The highest BCUT2D eigenvalue weighted by Crippen LogP contribution is 2.37. The summed E-state index contributed by atoms with van der Waals surface area (Å²) in [5.74, 6) is 4.02. The smallest absolute Gasteiger partial charge is 0.112 e. The van der Waals surface area contributed by atoms with Crippen molar-refractivity contribution in [2.45, 2.75) is 77.3 Å². The van der Waals surface area contributed by atoms with Gasteiger partial charge in [0, 0.05) is 37.7 Å². The first kappa shape index (κ1) is 13.8. The molecule has 1 aliphatic heterocycles. The third-order valence-corrected chi connectivity index (χ3v) is 5.98. The van der Waals surface area contributed by atoms with Crippen LogP contribution in [0.4, 0.5) is 0 Å². The van der Waals surface area contributed by atoms with Crippen LogP contribution in [0.5, 0.6) is 0 Å². The maximum Gasteiger partial charge on any atom is 0.112 e. The SMILES string of the molecule is CC1CCC(Cn2c(C3CCCC3)nc3c2CCNC3)C1. The van der Waals surface area contributed by atoms with Crippen LogP contribution >= 0.6 is 0 Å². The Labute approximate surface area is 128 Å². The van der Waals surface area contributed by atoms with Crippen molar-refractivity contribution in [3.63, 3.8) is 0 Å². The normalized spacial score (nSPS) is 30.0. The summed E-state index contributed by atoms with van der Waals surface area (Å²) in [6.07, 6.45) is 11.0. The van der Waals surface area contributed by atoms with Crippen LogP contribution < -0.4 is 5.32 Å². The lowest BCUT2D eigenvalue weighted by Crippen LogP contribution is -2.26. The highest BCUT2D eigenvalue weighted by atomic mass is 15.1. The zero-order chi connectivity index (χ0) is 14.2. The van der Waals surface area contributed by atoms with Gasteiger partial charge in [-0.1, -0.05) is 26.2 Å². The van der Waals surface area contributed by atoms with Gasteiger partial charge in [0.2, 0.25) is 0 Å². The molecule has 0 bridgehead atoms. The van der Waals surface area contributed by atoms with Crippen LogP contribution in [0.25, 0.3) is 0 Å². The molecule has 2 saturated carbocycles. The second-order valence-electron chi connectivity index (χ2n) is 7.67. The number of nitrogens with one attached hydrogen (secondary N) is 1. The lowest BCUT2D eigenvalue weighted by Gasteiger charge is -2.21. The summed E-state index contributed by atoms with van der Waals surface area (Å²) in [5, 5.41) is 3.50. The van der Waals surface area contributed by atoms with Crippen molar-refractivity contribution in [3.05, 3.63) is 17.2 Å². The lowest BCUT2D eigenvalue weighted by molar-refractivity contribution is 0.413. The van der Waals surface area contributed by atoms with Crippen LogP contribution in [0.3, 0.4) is 0 Å². The molecule has 1 N–H and O–H groups in total. The second kappa shape index (κ2) is 5.75. The van der Waals surface area contributed by atoms with E-state index in [-0.39, 0.29) is 0 Å². The van der Waals surface area contributed by atoms with Crippen molar-refractivity contribution in [1.29, 1.82) is 0 Å². The third-order valence-electron chi connectivity index (χ3n) is 5.98. The van der Waals surface area contributed by atoms with Crippen molar-refractivity contribution < 1.29 is 0 Å². The van der Waals surface area contributed by atoms with Crippen molar-refractivity contribution in [1.82, 2.24) is 14.9 Å². The van der Waals surface area contributed by atoms with E-state index in [1.54, 1.807) is 5.69 Å². The lowest BCUT2D eigenvalue weighted by atomic mass is 10.0. The van der Waals surface area contributed by atoms with Crippen LogP contribution in [-0.4, -0.2) is 16.1 Å². The molecular weight excluding hydrogens is 258 g/mol. The van der Waals surface area contributed by atoms with E-state index in [2.05, 4.69) is 16.8 Å². The van der Waals surface area contributed by atoms with Gasteiger partial charge in [0.05, 0.1) is 5.69 Å². The van der Waals surface area contributed by atoms with Crippen molar-refractivity contribution >= 4 is 0 Å². The van der Waals surface area contributed by atoms with Crippen LogP contribution in [0.2, 0.25) is 0 Å². The summed E-state index contributed by atoms with van der Waals surface area (Å²) in [5.41, 5.74) is 2.92. The fourth-order valence-corrected chi connectivity index (χ4v) is 4.84. The molecule has 4 rings (SSSR count). The highest BCUT2D eigenvalue weighted by Gasteiger charge is 2.29. The Morgan fingerprint density at radius 2 is 2.05 bits per heavy atom. The van der Waals surface area contributed by atoms with Gasteiger partial charge in [-0.05, 0) is 37.5 Å². The molecule has 0 saturated heterocycles. The first-order valence-corrected chi connectivity index (χ1v) is 9.10. The summed E-state index contributed by atoms with van der Waals surface area (Å²) in [4.78, 5) is 5.09. The van der Waals surface area contributed by atoms with Crippen LogP contribution in [-0.2, 0) is 19.5 Å². The predicted molar refractivity (Wildman–Crippen MR) is 85.4 cm³/mol. The van der Waals surface area contributed by atoms with E-state index in [4.69, 9.17) is 4.98 Å². The van der Waals surface area contributed by atoms with E-state index in [0.717, 1.165) is 30.8 Å². The number of fused-ring (bicyclic) bond motifs is 1. The van der Waals surface area contributed by atoms with Crippen LogP contribution in [0, 0.1) is 11.8 Å². The Hall–Kier alpha value is -0.830. The van der Waals surface area contributed by atoms with E-state index in [0.29, 0.717) is 0 Å². The van der Waals surface area contributed by atoms with Gasteiger partial charge in [-0.15, -0.1) is 0 Å². The second-order valence-corrected chi connectivity index (χ2v) is 7.67.